The Kier molecular flexibility index (Phi) is 4.72. The Labute approximate surface area is 83.3 Å². The Morgan fingerprint density at radius 2 is 1.93 bits per heavy atom. The molecule has 0 heterocycles. The zero-order valence-electron chi connectivity index (χ0n) is 7.94. The van der Waals surface area contributed by atoms with E-state index >= 15 is 0 Å². The van der Waals surface area contributed by atoms with Gasteiger partial charge in [0.15, 0.2) is 0 Å². The highest BCUT2D eigenvalue weighted by Gasteiger charge is 2.02. The second-order valence-electron chi connectivity index (χ2n) is 2.95. The summed E-state index contributed by atoms with van der Waals surface area (Å²) in [5.41, 5.74) is 0.961. The van der Waals surface area contributed by atoms with E-state index in [9.17, 15) is 9.90 Å². The fourth-order valence-electron chi connectivity index (χ4n) is 1.03. The first kappa shape index (κ1) is 10.7. The Balaban J connectivity index is 2.24. The molecule has 0 N–H and O–H groups in total. The van der Waals surface area contributed by atoms with Crippen molar-refractivity contribution >= 4 is 5.97 Å². The largest absolute Gasteiger partial charge is 0.461 e. The van der Waals surface area contributed by atoms with Crippen molar-refractivity contribution in [3.05, 3.63) is 35.9 Å². The highest BCUT2D eigenvalue weighted by Crippen LogP contribution is 2.02. The van der Waals surface area contributed by atoms with Gasteiger partial charge in [0.1, 0.15) is 6.61 Å². The van der Waals surface area contributed by atoms with E-state index in [0.717, 1.165) is 5.56 Å². The minimum atomic E-state index is -0.301. The number of carbonyl (C=O) groups excluding carboxylic acids is 1. The van der Waals surface area contributed by atoms with Crippen LogP contribution in [0.3, 0.4) is 0 Å². The van der Waals surface area contributed by atoms with E-state index in [1.807, 2.05) is 30.3 Å². The molecule has 0 aliphatic carbocycles. The molecule has 0 saturated carbocycles. The van der Waals surface area contributed by atoms with Gasteiger partial charge in [-0.25, -0.2) is 5.11 Å². The zero-order chi connectivity index (χ0) is 10.2. The van der Waals surface area contributed by atoms with Crippen molar-refractivity contribution in [2.24, 2.45) is 0 Å². The lowest BCUT2D eigenvalue weighted by Gasteiger charge is -2.03. The average Bonchev–Trinajstić information content (AvgIpc) is 2.25. The molecule has 1 radical (unpaired) electrons. The molecule has 1 aromatic carbocycles. The molecule has 0 spiro atoms. The van der Waals surface area contributed by atoms with Gasteiger partial charge in [-0.15, -0.1) is 0 Å². The van der Waals surface area contributed by atoms with Gasteiger partial charge in [-0.3, -0.25) is 4.79 Å². The summed E-state index contributed by atoms with van der Waals surface area (Å²) in [7, 11) is 0. The van der Waals surface area contributed by atoms with Crippen molar-refractivity contribution < 1.29 is 14.6 Å². The second kappa shape index (κ2) is 6.16. The third-order valence-electron chi connectivity index (χ3n) is 1.77. The summed E-state index contributed by atoms with van der Waals surface area (Å²) in [6.07, 6.45) is 0.573. The number of esters is 1. The summed E-state index contributed by atoms with van der Waals surface area (Å²) < 4.78 is 4.95. The summed E-state index contributed by atoms with van der Waals surface area (Å²) >= 11 is 0. The molecule has 3 heteroatoms. The molecule has 0 unspecified atom stereocenters. The van der Waals surface area contributed by atoms with Crippen molar-refractivity contribution in [2.75, 3.05) is 6.61 Å². The molecular weight excluding hydrogens is 180 g/mol. The SMILES string of the molecule is [O]CCCC(=O)OCc1ccccc1. The van der Waals surface area contributed by atoms with Crippen LogP contribution in [0.1, 0.15) is 18.4 Å². The maximum absolute atomic E-state index is 11.0. The molecule has 3 nitrogen and oxygen atoms in total. The summed E-state index contributed by atoms with van der Waals surface area (Å²) in [6, 6.07) is 9.46. The topological polar surface area (TPSA) is 46.2 Å². The molecule has 1 rings (SSSR count). The van der Waals surface area contributed by atoms with Gasteiger partial charge in [0, 0.05) is 6.42 Å². The molecule has 0 aliphatic heterocycles. The molecule has 0 fully saturated rings. The van der Waals surface area contributed by atoms with Crippen molar-refractivity contribution in [1.29, 1.82) is 0 Å². The number of ether oxygens (including phenoxy) is 1. The van der Waals surface area contributed by atoms with Crippen LogP contribution >= 0.6 is 0 Å². The van der Waals surface area contributed by atoms with Gasteiger partial charge in [0.2, 0.25) is 0 Å². The molecule has 1 aromatic rings. The standard InChI is InChI=1S/C11H13O3/c12-8-4-7-11(13)14-9-10-5-2-1-3-6-10/h1-3,5-6H,4,7-9H2. The lowest BCUT2D eigenvalue weighted by molar-refractivity contribution is -0.145. The second-order valence-corrected chi connectivity index (χ2v) is 2.95. The minimum absolute atomic E-state index is 0.219. The highest BCUT2D eigenvalue weighted by atomic mass is 16.5. The third kappa shape index (κ3) is 4.05. The maximum Gasteiger partial charge on any atom is 0.306 e. The van der Waals surface area contributed by atoms with Crippen molar-refractivity contribution in [3.63, 3.8) is 0 Å². The molecule has 0 aliphatic rings. The van der Waals surface area contributed by atoms with Crippen LogP contribution in [-0.4, -0.2) is 12.6 Å². The van der Waals surface area contributed by atoms with Crippen LogP contribution in [-0.2, 0) is 21.2 Å². The monoisotopic (exact) mass is 193 g/mol. The fraction of sp³-hybridized carbons (Fsp3) is 0.364. The van der Waals surface area contributed by atoms with Crippen molar-refractivity contribution in [1.82, 2.24) is 0 Å². The lowest BCUT2D eigenvalue weighted by atomic mass is 10.2. The first-order valence-corrected chi connectivity index (χ1v) is 4.60. The van der Waals surface area contributed by atoms with Crippen LogP contribution in [0.25, 0.3) is 0 Å². The van der Waals surface area contributed by atoms with Gasteiger partial charge < -0.3 is 4.74 Å². The first-order valence-electron chi connectivity index (χ1n) is 4.60. The zero-order valence-corrected chi connectivity index (χ0v) is 7.94. The summed E-state index contributed by atoms with van der Waals surface area (Å²) in [4.78, 5) is 11.0. The predicted molar refractivity (Wildman–Crippen MR) is 51.0 cm³/mol. The van der Waals surface area contributed by atoms with Crippen LogP contribution in [0.15, 0.2) is 30.3 Å². The molecule has 0 amide bonds. The van der Waals surface area contributed by atoms with Crippen molar-refractivity contribution in [2.45, 2.75) is 19.4 Å². The summed E-state index contributed by atoms with van der Waals surface area (Å²) in [5, 5.41) is 10.1. The van der Waals surface area contributed by atoms with E-state index < -0.39 is 0 Å². The Bertz CT molecular complexity index is 269. The van der Waals surface area contributed by atoms with E-state index in [4.69, 9.17) is 4.74 Å². The maximum atomic E-state index is 11.0. The van der Waals surface area contributed by atoms with E-state index in [2.05, 4.69) is 0 Å². The predicted octanol–water partition coefficient (Wildman–Crippen LogP) is 1.94. The Morgan fingerprint density at radius 3 is 2.57 bits per heavy atom. The normalized spacial score (nSPS) is 9.79. The van der Waals surface area contributed by atoms with Crippen LogP contribution in [0, 0.1) is 0 Å². The third-order valence-corrected chi connectivity index (χ3v) is 1.77. The molecule has 0 bridgehead atoms. The molecular formula is C11H13O3. The van der Waals surface area contributed by atoms with Crippen LogP contribution in [0.2, 0.25) is 0 Å². The van der Waals surface area contributed by atoms with Crippen LogP contribution < -0.4 is 0 Å². The number of benzene rings is 1. The van der Waals surface area contributed by atoms with E-state index in [1.54, 1.807) is 0 Å². The number of rotatable bonds is 5. The van der Waals surface area contributed by atoms with Crippen LogP contribution in [0.4, 0.5) is 0 Å². The minimum Gasteiger partial charge on any atom is -0.461 e. The Hall–Kier alpha value is -1.35. The smallest absolute Gasteiger partial charge is 0.306 e. The Morgan fingerprint density at radius 1 is 1.21 bits per heavy atom. The summed E-state index contributed by atoms with van der Waals surface area (Å²) in [6.45, 7) is 0.0684. The van der Waals surface area contributed by atoms with Gasteiger partial charge in [0.05, 0.1) is 6.61 Å². The van der Waals surface area contributed by atoms with E-state index in [-0.39, 0.29) is 19.0 Å². The molecule has 0 atom stereocenters. The fourth-order valence-corrected chi connectivity index (χ4v) is 1.03. The van der Waals surface area contributed by atoms with Gasteiger partial charge in [-0.2, -0.15) is 0 Å². The van der Waals surface area contributed by atoms with E-state index in [0.29, 0.717) is 13.0 Å². The summed E-state index contributed by atoms with van der Waals surface area (Å²) in [5.74, 6) is -0.301. The van der Waals surface area contributed by atoms with Gasteiger partial charge >= 0.3 is 5.97 Å². The van der Waals surface area contributed by atoms with Crippen LogP contribution in [0.5, 0.6) is 0 Å². The molecule has 75 valence electrons. The highest BCUT2D eigenvalue weighted by molar-refractivity contribution is 5.69. The van der Waals surface area contributed by atoms with Crippen molar-refractivity contribution in [3.8, 4) is 0 Å². The number of carbonyl (C=O) groups is 1. The average molecular weight is 193 g/mol. The van der Waals surface area contributed by atoms with Gasteiger partial charge in [-0.1, -0.05) is 30.3 Å². The lowest BCUT2D eigenvalue weighted by Crippen LogP contribution is -2.04. The van der Waals surface area contributed by atoms with E-state index in [1.165, 1.54) is 0 Å². The molecule has 0 aromatic heterocycles. The van der Waals surface area contributed by atoms with Gasteiger partial charge in [-0.05, 0) is 12.0 Å². The quantitative estimate of drug-likeness (QED) is 0.671. The first-order chi connectivity index (χ1) is 6.83. The molecule has 14 heavy (non-hydrogen) atoms. The number of hydrogen-bond donors (Lipinski definition) is 0. The molecule has 0 saturated heterocycles. The van der Waals surface area contributed by atoms with Gasteiger partial charge in [0.25, 0.3) is 0 Å². The number of hydrogen-bond acceptors (Lipinski definition) is 2.